The van der Waals surface area contributed by atoms with Crippen LogP contribution >= 0.6 is 23.7 Å². The maximum atomic E-state index is 12.4. The van der Waals surface area contributed by atoms with Gasteiger partial charge in [-0.15, -0.1) is 23.7 Å². The van der Waals surface area contributed by atoms with Crippen LogP contribution < -0.4 is 10.6 Å². The van der Waals surface area contributed by atoms with Crippen LogP contribution in [0.2, 0.25) is 0 Å². The molecule has 8 heteroatoms. The Balaban J connectivity index is 0.00000225. The van der Waals surface area contributed by atoms with Crippen molar-refractivity contribution in [3.8, 4) is 0 Å². The number of aryl methyl sites for hydroxylation is 1. The van der Waals surface area contributed by atoms with Crippen LogP contribution in [0.4, 0.5) is 0 Å². The smallest absolute Gasteiger partial charge is 0.241 e. The zero-order valence-electron chi connectivity index (χ0n) is 14.0. The minimum absolute atomic E-state index is 0. The molecular formula is C17H21ClN4O2S. The molecule has 0 aliphatic rings. The van der Waals surface area contributed by atoms with Gasteiger partial charge in [0.1, 0.15) is 12.1 Å². The van der Waals surface area contributed by atoms with Gasteiger partial charge in [-0.1, -0.05) is 18.2 Å². The summed E-state index contributed by atoms with van der Waals surface area (Å²) in [5.74, 6) is -0.189. The number of fused-ring (bicyclic) bond motifs is 1. The van der Waals surface area contributed by atoms with Crippen molar-refractivity contribution in [2.24, 2.45) is 7.05 Å². The quantitative estimate of drug-likeness (QED) is 0.612. The van der Waals surface area contributed by atoms with Gasteiger partial charge >= 0.3 is 0 Å². The van der Waals surface area contributed by atoms with E-state index >= 15 is 0 Å². The van der Waals surface area contributed by atoms with Gasteiger partial charge in [-0.3, -0.25) is 9.48 Å². The van der Waals surface area contributed by atoms with Gasteiger partial charge in [0.25, 0.3) is 0 Å². The van der Waals surface area contributed by atoms with Crippen LogP contribution in [0.15, 0.2) is 42.7 Å². The van der Waals surface area contributed by atoms with Gasteiger partial charge < -0.3 is 15.7 Å². The molecule has 0 spiro atoms. The van der Waals surface area contributed by atoms with E-state index in [1.165, 1.54) is 0 Å². The number of carbonyl (C=O) groups is 1. The van der Waals surface area contributed by atoms with E-state index in [2.05, 4.69) is 15.7 Å². The average molecular weight is 381 g/mol. The monoisotopic (exact) mass is 380 g/mol. The number of aliphatic hydroxyl groups is 1. The summed E-state index contributed by atoms with van der Waals surface area (Å²) in [4.78, 5) is 13.2. The summed E-state index contributed by atoms with van der Waals surface area (Å²) in [5.41, 5.74) is 0.786. The van der Waals surface area contributed by atoms with Gasteiger partial charge in [-0.2, -0.15) is 5.10 Å². The number of amides is 1. The first kappa shape index (κ1) is 19.4. The zero-order chi connectivity index (χ0) is 17.1. The van der Waals surface area contributed by atoms with Gasteiger partial charge in [0.2, 0.25) is 5.91 Å². The van der Waals surface area contributed by atoms with Crippen molar-refractivity contribution in [1.82, 2.24) is 20.4 Å². The molecule has 0 fully saturated rings. The lowest BCUT2D eigenvalue weighted by molar-refractivity contribution is -0.123. The molecule has 0 saturated carbocycles. The normalized spacial score (nSPS) is 13.2. The highest BCUT2D eigenvalue weighted by Gasteiger charge is 2.21. The third-order valence-corrected chi connectivity index (χ3v) is 5.07. The fourth-order valence-corrected chi connectivity index (χ4v) is 3.66. The molecule has 1 aromatic carbocycles. The van der Waals surface area contributed by atoms with Crippen molar-refractivity contribution >= 4 is 39.7 Å². The van der Waals surface area contributed by atoms with Crippen LogP contribution in [0.25, 0.3) is 10.1 Å². The molecule has 25 heavy (non-hydrogen) atoms. The van der Waals surface area contributed by atoms with Crippen molar-refractivity contribution in [2.75, 3.05) is 13.6 Å². The van der Waals surface area contributed by atoms with Crippen molar-refractivity contribution in [3.63, 3.8) is 0 Å². The maximum absolute atomic E-state index is 12.4. The molecule has 0 aliphatic heterocycles. The molecule has 0 bridgehead atoms. The second-order valence-electron chi connectivity index (χ2n) is 5.62. The summed E-state index contributed by atoms with van der Waals surface area (Å²) < 4.78 is 2.78. The van der Waals surface area contributed by atoms with E-state index < -0.39 is 12.1 Å². The number of hydrogen-bond acceptors (Lipinski definition) is 5. The standard InChI is InChI=1S/C17H20N4O2S.ClH/c1-18-16(12-8-20-21(2)10-12)17(23)19-9-13(22)15-7-11-5-3-4-6-14(11)24-15;/h3-8,10,13,16,18,22H,9H2,1-2H3,(H,19,23);1H. The summed E-state index contributed by atoms with van der Waals surface area (Å²) in [7, 11) is 3.53. The fraction of sp³-hybridized carbons (Fsp3) is 0.294. The Labute approximate surface area is 156 Å². The van der Waals surface area contributed by atoms with Crippen LogP contribution in [-0.2, 0) is 11.8 Å². The molecule has 3 aromatic rings. The van der Waals surface area contributed by atoms with Gasteiger partial charge in [-0.05, 0) is 24.6 Å². The molecule has 2 atom stereocenters. The minimum Gasteiger partial charge on any atom is -0.386 e. The number of halogens is 1. The third kappa shape index (κ3) is 4.38. The topological polar surface area (TPSA) is 79.2 Å². The predicted octanol–water partition coefficient (Wildman–Crippen LogP) is 2.17. The third-order valence-electron chi connectivity index (χ3n) is 3.85. The van der Waals surface area contributed by atoms with E-state index in [4.69, 9.17) is 0 Å². The fourth-order valence-electron chi connectivity index (χ4n) is 2.60. The first-order valence-electron chi connectivity index (χ1n) is 7.68. The Bertz CT molecular complexity index is 815. The first-order valence-corrected chi connectivity index (χ1v) is 8.50. The highest BCUT2D eigenvalue weighted by Crippen LogP contribution is 2.29. The summed E-state index contributed by atoms with van der Waals surface area (Å²) >= 11 is 1.54. The second-order valence-corrected chi connectivity index (χ2v) is 6.73. The number of thiophene rings is 1. The number of nitrogens with one attached hydrogen (secondary N) is 2. The first-order chi connectivity index (χ1) is 11.6. The van der Waals surface area contributed by atoms with Gasteiger partial charge in [0.15, 0.2) is 0 Å². The number of likely N-dealkylation sites (N-methyl/N-ethyl adjacent to an activating group) is 1. The largest absolute Gasteiger partial charge is 0.386 e. The van der Waals surface area contributed by atoms with Crippen molar-refractivity contribution in [1.29, 1.82) is 0 Å². The van der Waals surface area contributed by atoms with Gasteiger partial charge in [0.05, 0.1) is 6.20 Å². The average Bonchev–Trinajstić information content (AvgIpc) is 3.19. The number of aliphatic hydroxyl groups excluding tert-OH is 1. The predicted molar refractivity (Wildman–Crippen MR) is 102 cm³/mol. The summed E-state index contributed by atoms with van der Waals surface area (Å²) in [6, 6.07) is 9.45. The van der Waals surface area contributed by atoms with Gasteiger partial charge in [-0.25, -0.2) is 0 Å². The highest BCUT2D eigenvalue weighted by molar-refractivity contribution is 7.19. The minimum atomic E-state index is -0.724. The second kappa shape index (κ2) is 8.44. The molecule has 2 unspecified atom stereocenters. The van der Waals surface area contributed by atoms with Crippen LogP contribution in [0.5, 0.6) is 0 Å². The van der Waals surface area contributed by atoms with Crippen LogP contribution in [0.1, 0.15) is 22.6 Å². The van der Waals surface area contributed by atoms with E-state index in [9.17, 15) is 9.90 Å². The molecule has 0 saturated heterocycles. The number of aromatic nitrogens is 2. The molecule has 2 aromatic heterocycles. The maximum Gasteiger partial charge on any atom is 0.241 e. The number of carbonyl (C=O) groups excluding carboxylic acids is 1. The Morgan fingerprint density at radius 1 is 1.40 bits per heavy atom. The van der Waals surface area contributed by atoms with Crippen molar-refractivity contribution in [3.05, 3.63) is 53.2 Å². The Hall–Kier alpha value is -1.93. The van der Waals surface area contributed by atoms with E-state index in [0.29, 0.717) is 0 Å². The van der Waals surface area contributed by atoms with E-state index in [1.54, 1.807) is 42.5 Å². The number of benzene rings is 1. The number of nitrogens with zero attached hydrogens (tertiary/aromatic N) is 2. The molecular weight excluding hydrogens is 360 g/mol. The lowest BCUT2D eigenvalue weighted by Crippen LogP contribution is -2.37. The Kier molecular flexibility index (Phi) is 6.55. The molecule has 6 nitrogen and oxygen atoms in total. The highest BCUT2D eigenvalue weighted by atomic mass is 35.5. The number of hydrogen-bond donors (Lipinski definition) is 3. The van der Waals surface area contributed by atoms with Crippen LogP contribution in [-0.4, -0.2) is 34.4 Å². The lowest BCUT2D eigenvalue weighted by atomic mass is 10.1. The van der Waals surface area contributed by atoms with E-state index in [-0.39, 0.29) is 24.9 Å². The van der Waals surface area contributed by atoms with Crippen LogP contribution in [0.3, 0.4) is 0 Å². The van der Waals surface area contributed by atoms with Crippen molar-refractivity contribution < 1.29 is 9.90 Å². The molecule has 3 N–H and O–H groups in total. The molecule has 3 rings (SSSR count). The Morgan fingerprint density at radius 3 is 2.80 bits per heavy atom. The van der Waals surface area contributed by atoms with Crippen LogP contribution in [0, 0.1) is 0 Å². The summed E-state index contributed by atoms with van der Waals surface area (Å²) in [6.07, 6.45) is 2.73. The van der Waals surface area contributed by atoms with E-state index in [1.807, 2.05) is 30.3 Å². The molecule has 2 heterocycles. The van der Waals surface area contributed by atoms with Gasteiger partial charge in [0, 0.05) is 34.9 Å². The van der Waals surface area contributed by atoms with E-state index in [0.717, 1.165) is 20.5 Å². The summed E-state index contributed by atoms with van der Waals surface area (Å²) in [6.45, 7) is 0.171. The molecule has 0 radical (unpaired) electrons. The Morgan fingerprint density at radius 2 is 2.16 bits per heavy atom. The van der Waals surface area contributed by atoms with Crippen molar-refractivity contribution in [2.45, 2.75) is 12.1 Å². The lowest BCUT2D eigenvalue weighted by Gasteiger charge is -2.16. The SMILES string of the molecule is CNC(C(=O)NCC(O)c1cc2ccccc2s1)c1cnn(C)c1.Cl. The molecule has 0 aliphatic carbocycles. The molecule has 1 amide bonds. The number of rotatable bonds is 6. The summed E-state index contributed by atoms with van der Waals surface area (Å²) in [5, 5.41) is 21.3. The zero-order valence-corrected chi connectivity index (χ0v) is 15.6. The molecule has 134 valence electrons.